The summed E-state index contributed by atoms with van der Waals surface area (Å²) in [6.07, 6.45) is 2.45. The first-order chi connectivity index (χ1) is 12.4. The van der Waals surface area contributed by atoms with E-state index in [1.54, 1.807) is 17.6 Å². The van der Waals surface area contributed by atoms with Crippen LogP contribution in [0.2, 0.25) is 0 Å². The lowest BCUT2D eigenvalue weighted by atomic mass is 10.1. The molecule has 0 radical (unpaired) electrons. The fourth-order valence-corrected chi connectivity index (χ4v) is 3.14. The Morgan fingerprint density at radius 3 is 2.64 bits per heavy atom. The molecule has 25 heavy (non-hydrogen) atoms. The predicted molar refractivity (Wildman–Crippen MR) is 105 cm³/mol. The smallest absolute Gasteiger partial charge is 0.155 e. The van der Waals surface area contributed by atoms with Crippen LogP contribution in [0.15, 0.2) is 82.3 Å². The minimum absolute atomic E-state index is 0.669. The molecule has 0 saturated carbocycles. The Hall–Kier alpha value is -3.05. The van der Waals surface area contributed by atoms with Gasteiger partial charge in [-0.3, -0.25) is 0 Å². The molecule has 1 N–H and O–H groups in total. The number of H-pyrrole nitrogens is 1. The van der Waals surface area contributed by atoms with Crippen molar-refractivity contribution < 1.29 is 0 Å². The van der Waals surface area contributed by atoms with Crippen molar-refractivity contribution in [2.45, 2.75) is 6.42 Å². The molecule has 5 heteroatoms. The quantitative estimate of drug-likeness (QED) is 0.414. The van der Waals surface area contributed by atoms with Crippen molar-refractivity contribution in [1.82, 2.24) is 9.97 Å². The Labute approximate surface area is 149 Å². The molecule has 0 aliphatic rings. The van der Waals surface area contributed by atoms with Crippen LogP contribution < -0.4 is 0 Å². The number of fused-ring (bicyclic) bond motifs is 1. The molecule has 0 fully saturated rings. The average molecular weight is 344 g/mol. The lowest BCUT2D eigenvalue weighted by Gasteiger charge is -2.02. The zero-order valence-corrected chi connectivity index (χ0v) is 14.3. The minimum atomic E-state index is 0.669. The third-order valence-electron chi connectivity index (χ3n) is 3.78. The van der Waals surface area contributed by atoms with Crippen molar-refractivity contribution >= 4 is 34.3 Å². The first-order valence-corrected chi connectivity index (χ1v) is 8.89. The van der Waals surface area contributed by atoms with E-state index in [1.165, 1.54) is 5.56 Å². The maximum absolute atomic E-state index is 4.67. The highest BCUT2D eigenvalue weighted by Gasteiger charge is 2.10. The zero-order valence-electron chi connectivity index (χ0n) is 13.5. The molecule has 0 spiro atoms. The van der Waals surface area contributed by atoms with Gasteiger partial charge in [0.25, 0.3) is 0 Å². The summed E-state index contributed by atoms with van der Waals surface area (Å²) in [6, 6.07) is 22.2. The highest BCUT2D eigenvalue weighted by molar-refractivity contribution is 7.11. The summed E-state index contributed by atoms with van der Waals surface area (Å²) in [6.45, 7) is 0. The Kier molecular flexibility index (Phi) is 4.48. The van der Waals surface area contributed by atoms with Gasteiger partial charge >= 0.3 is 0 Å². The Bertz CT molecular complexity index is 981. The number of aromatic nitrogens is 2. The number of benzene rings is 2. The number of imidazole rings is 1. The SMILES string of the molecule is C(=NN=C(Cc1ccccc1)c1nc2ccccc2[nH]1)c1cccs1. The number of thiophene rings is 1. The molecule has 2 heterocycles. The molecular weight excluding hydrogens is 328 g/mol. The van der Waals surface area contributed by atoms with Crippen LogP contribution in [0.1, 0.15) is 16.3 Å². The Balaban J connectivity index is 1.69. The van der Waals surface area contributed by atoms with E-state index < -0.39 is 0 Å². The van der Waals surface area contributed by atoms with E-state index in [1.807, 2.05) is 60.0 Å². The van der Waals surface area contributed by atoms with E-state index in [0.717, 1.165) is 27.4 Å². The van der Waals surface area contributed by atoms with E-state index in [-0.39, 0.29) is 0 Å². The maximum Gasteiger partial charge on any atom is 0.155 e. The molecule has 0 amide bonds. The summed E-state index contributed by atoms with van der Waals surface area (Å²) in [4.78, 5) is 9.09. The van der Waals surface area contributed by atoms with Gasteiger partial charge in [0.1, 0.15) is 5.71 Å². The van der Waals surface area contributed by atoms with Crippen LogP contribution >= 0.6 is 11.3 Å². The van der Waals surface area contributed by atoms with Crippen molar-refractivity contribution in [2.24, 2.45) is 10.2 Å². The van der Waals surface area contributed by atoms with Gasteiger partial charge in [-0.2, -0.15) is 10.2 Å². The molecule has 0 saturated heterocycles. The number of rotatable bonds is 5. The molecule has 0 unspecified atom stereocenters. The topological polar surface area (TPSA) is 53.4 Å². The third kappa shape index (κ3) is 3.72. The molecule has 122 valence electrons. The molecule has 0 aliphatic heterocycles. The summed E-state index contributed by atoms with van der Waals surface area (Å²) in [5.74, 6) is 0.758. The van der Waals surface area contributed by atoms with Gasteiger partial charge in [-0.15, -0.1) is 11.3 Å². The Morgan fingerprint density at radius 1 is 1.00 bits per heavy atom. The van der Waals surface area contributed by atoms with Crippen molar-refractivity contribution in [2.75, 3.05) is 0 Å². The second kappa shape index (κ2) is 7.23. The van der Waals surface area contributed by atoms with Gasteiger partial charge in [-0.25, -0.2) is 4.98 Å². The Morgan fingerprint density at radius 2 is 1.84 bits per heavy atom. The van der Waals surface area contributed by atoms with Crippen molar-refractivity contribution in [3.8, 4) is 0 Å². The van der Waals surface area contributed by atoms with Gasteiger partial charge in [0.2, 0.25) is 0 Å². The standard InChI is InChI=1S/C20H16N4S/c1-2-7-15(8-3-1)13-19(24-21-14-16-9-6-12-25-16)20-22-17-10-4-5-11-18(17)23-20/h1-12,14H,13H2,(H,22,23). The van der Waals surface area contributed by atoms with Gasteiger partial charge in [0.15, 0.2) is 5.82 Å². The molecule has 4 nitrogen and oxygen atoms in total. The molecule has 0 bridgehead atoms. The molecular formula is C20H16N4S. The molecule has 4 aromatic rings. The fourth-order valence-electron chi connectivity index (χ4n) is 2.57. The van der Waals surface area contributed by atoms with Gasteiger partial charge in [-0.05, 0) is 29.1 Å². The summed E-state index contributed by atoms with van der Waals surface area (Å²) in [5.41, 5.74) is 3.92. The van der Waals surface area contributed by atoms with Crippen molar-refractivity contribution in [1.29, 1.82) is 0 Å². The van der Waals surface area contributed by atoms with Crippen LogP contribution in [0.25, 0.3) is 11.0 Å². The number of hydrogen-bond donors (Lipinski definition) is 1. The van der Waals surface area contributed by atoms with Gasteiger partial charge in [-0.1, -0.05) is 48.5 Å². The first-order valence-electron chi connectivity index (χ1n) is 8.01. The van der Waals surface area contributed by atoms with E-state index in [4.69, 9.17) is 0 Å². The molecule has 0 atom stereocenters. The lowest BCUT2D eigenvalue weighted by molar-refractivity contribution is 1.15. The van der Waals surface area contributed by atoms with Gasteiger partial charge < -0.3 is 4.98 Å². The number of nitrogens with one attached hydrogen (secondary N) is 1. The third-order valence-corrected chi connectivity index (χ3v) is 4.59. The zero-order chi connectivity index (χ0) is 16.9. The van der Waals surface area contributed by atoms with Crippen LogP contribution in [0.3, 0.4) is 0 Å². The number of para-hydroxylation sites is 2. The van der Waals surface area contributed by atoms with Crippen molar-refractivity contribution in [3.05, 3.63) is 88.4 Å². The van der Waals surface area contributed by atoms with Crippen LogP contribution in [0.5, 0.6) is 0 Å². The van der Waals surface area contributed by atoms with E-state index in [9.17, 15) is 0 Å². The summed E-state index contributed by atoms with van der Waals surface area (Å²) >= 11 is 1.64. The van der Waals surface area contributed by atoms with Crippen LogP contribution in [0.4, 0.5) is 0 Å². The molecule has 0 aliphatic carbocycles. The van der Waals surface area contributed by atoms with Crippen LogP contribution in [-0.2, 0) is 6.42 Å². The largest absolute Gasteiger partial charge is 0.337 e. The predicted octanol–water partition coefficient (Wildman–Crippen LogP) is 4.69. The van der Waals surface area contributed by atoms with E-state index in [0.29, 0.717) is 6.42 Å². The van der Waals surface area contributed by atoms with Crippen molar-refractivity contribution in [3.63, 3.8) is 0 Å². The average Bonchev–Trinajstić information content (AvgIpc) is 3.31. The van der Waals surface area contributed by atoms with Crippen LogP contribution in [-0.4, -0.2) is 21.9 Å². The normalized spacial score (nSPS) is 12.2. The minimum Gasteiger partial charge on any atom is -0.337 e. The number of hydrogen-bond acceptors (Lipinski definition) is 4. The van der Waals surface area contributed by atoms with Gasteiger partial charge in [0, 0.05) is 11.3 Å². The van der Waals surface area contributed by atoms with Gasteiger partial charge in [0.05, 0.1) is 17.2 Å². The maximum atomic E-state index is 4.67. The summed E-state index contributed by atoms with van der Waals surface area (Å²) < 4.78 is 0. The second-order valence-electron chi connectivity index (χ2n) is 5.57. The highest BCUT2D eigenvalue weighted by atomic mass is 32.1. The molecule has 2 aromatic carbocycles. The highest BCUT2D eigenvalue weighted by Crippen LogP contribution is 2.13. The summed E-state index contributed by atoms with van der Waals surface area (Å²) in [5, 5.41) is 10.8. The van der Waals surface area contributed by atoms with Crippen LogP contribution in [0, 0.1) is 0 Å². The number of aromatic amines is 1. The first kappa shape index (κ1) is 15.5. The second-order valence-corrected chi connectivity index (χ2v) is 6.55. The molecule has 2 aromatic heterocycles. The summed E-state index contributed by atoms with van der Waals surface area (Å²) in [7, 11) is 0. The van der Waals surface area contributed by atoms with E-state index in [2.05, 4.69) is 32.3 Å². The number of nitrogens with zero attached hydrogens (tertiary/aromatic N) is 3. The lowest BCUT2D eigenvalue weighted by Crippen LogP contribution is -2.07. The monoisotopic (exact) mass is 344 g/mol. The van der Waals surface area contributed by atoms with E-state index >= 15 is 0 Å². The fraction of sp³-hybridized carbons (Fsp3) is 0.0500. The molecule has 4 rings (SSSR count).